The van der Waals surface area contributed by atoms with E-state index in [0.29, 0.717) is 6.42 Å². The summed E-state index contributed by atoms with van der Waals surface area (Å²) in [7, 11) is -2.64. The van der Waals surface area contributed by atoms with E-state index in [4.69, 9.17) is 8.92 Å². The number of nitrogens with zero attached hydrogens (tertiary/aromatic N) is 1. The second-order valence-electron chi connectivity index (χ2n) is 6.15. The van der Waals surface area contributed by atoms with Crippen LogP contribution in [0.4, 0.5) is 4.79 Å². The van der Waals surface area contributed by atoms with Gasteiger partial charge in [-0.1, -0.05) is 17.7 Å². The number of methoxy groups -OCH3 is 1. The zero-order valence-corrected chi connectivity index (χ0v) is 16.0. The Morgan fingerprint density at radius 1 is 1.22 bits per heavy atom. The summed E-state index contributed by atoms with van der Waals surface area (Å²) >= 11 is 0. The predicted octanol–water partition coefficient (Wildman–Crippen LogP) is 1.40. The van der Waals surface area contributed by atoms with Crippen molar-refractivity contribution in [2.24, 2.45) is 0 Å². The Hall–Kier alpha value is -2.17. The van der Waals surface area contributed by atoms with Crippen LogP contribution < -0.4 is 0 Å². The second-order valence-corrected chi connectivity index (χ2v) is 7.76. The van der Waals surface area contributed by atoms with Gasteiger partial charge in [0.25, 0.3) is 10.1 Å². The molecular formula is C17H23NO8S. The standard InChI is InChI=1S/C17H23NO8S/c1-12-4-6-14(7-5-12)27(22,23)26-9-3-8-25-13-10-15(16(19)20)18(11-13)17(21)24-2/h4-7,13,15H,3,8-11H2,1-2H3,(H,19,20)/t13?,15-/m0/s1. The molecule has 1 saturated heterocycles. The number of carboxylic acid groups (broad SMARTS) is 1. The summed E-state index contributed by atoms with van der Waals surface area (Å²) in [5.74, 6) is -1.13. The molecule has 150 valence electrons. The first kappa shape index (κ1) is 21.1. The molecule has 1 fully saturated rings. The summed E-state index contributed by atoms with van der Waals surface area (Å²) in [5.41, 5.74) is 0.944. The van der Waals surface area contributed by atoms with E-state index in [0.717, 1.165) is 10.5 Å². The first-order valence-electron chi connectivity index (χ1n) is 8.39. The number of ether oxygens (including phenoxy) is 2. The summed E-state index contributed by atoms with van der Waals surface area (Å²) in [6.07, 6.45) is -0.732. The molecule has 1 N–H and O–H groups in total. The molecule has 1 unspecified atom stereocenters. The number of amides is 1. The molecule has 0 bridgehead atoms. The van der Waals surface area contributed by atoms with Crippen LogP contribution in [-0.2, 0) is 28.6 Å². The van der Waals surface area contributed by atoms with E-state index in [1.54, 1.807) is 12.1 Å². The minimum atomic E-state index is -3.82. The normalized spacial score (nSPS) is 19.9. The van der Waals surface area contributed by atoms with Crippen LogP contribution in [-0.4, -0.2) is 69.5 Å². The maximum Gasteiger partial charge on any atom is 0.410 e. The maximum atomic E-state index is 12.0. The van der Waals surface area contributed by atoms with Gasteiger partial charge in [-0.05, 0) is 25.5 Å². The third-order valence-electron chi connectivity index (χ3n) is 4.15. The van der Waals surface area contributed by atoms with Crippen LogP contribution >= 0.6 is 0 Å². The molecule has 1 aliphatic rings. The summed E-state index contributed by atoms with van der Waals surface area (Å²) in [4.78, 5) is 24.0. The van der Waals surface area contributed by atoms with Crippen molar-refractivity contribution >= 4 is 22.2 Å². The van der Waals surface area contributed by atoms with Gasteiger partial charge < -0.3 is 14.6 Å². The van der Waals surface area contributed by atoms with Gasteiger partial charge in [0, 0.05) is 13.0 Å². The number of aryl methyl sites for hydroxylation is 1. The van der Waals surface area contributed by atoms with Crippen molar-refractivity contribution in [2.45, 2.75) is 36.8 Å². The van der Waals surface area contributed by atoms with Crippen LogP contribution in [0.5, 0.6) is 0 Å². The van der Waals surface area contributed by atoms with E-state index in [9.17, 15) is 23.1 Å². The molecule has 0 radical (unpaired) electrons. The van der Waals surface area contributed by atoms with Crippen molar-refractivity contribution in [3.8, 4) is 0 Å². The largest absolute Gasteiger partial charge is 0.480 e. The number of carboxylic acids is 1. The molecule has 0 aliphatic carbocycles. The molecule has 10 heteroatoms. The monoisotopic (exact) mass is 401 g/mol. The fourth-order valence-electron chi connectivity index (χ4n) is 2.72. The number of rotatable bonds is 8. The highest BCUT2D eigenvalue weighted by Crippen LogP contribution is 2.22. The molecule has 2 atom stereocenters. The molecule has 1 aliphatic heterocycles. The van der Waals surface area contributed by atoms with Crippen LogP contribution in [0.1, 0.15) is 18.4 Å². The van der Waals surface area contributed by atoms with Crippen LogP contribution in [0.25, 0.3) is 0 Å². The molecule has 1 aromatic rings. The van der Waals surface area contributed by atoms with Gasteiger partial charge in [-0.2, -0.15) is 8.42 Å². The number of hydrogen-bond acceptors (Lipinski definition) is 7. The molecular weight excluding hydrogens is 378 g/mol. The molecule has 9 nitrogen and oxygen atoms in total. The van der Waals surface area contributed by atoms with Crippen LogP contribution in [0.3, 0.4) is 0 Å². The number of likely N-dealkylation sites (tertiary alicyclic amines) is 1. The van der Waals surface area contributed by atoms with Gasteiger partial charge in [-0.15, -0.1) is 0 Å². The van der Waals surface area contributed by atoms with E-state index >= 15 is 0 Å². The Balaban J connectivity index is 1.76. The second kappa shape index (κ2) is 9.16. The number of aliphatic carboxylic acids is 1. The molecule has 0 spiro atoms. The lowest BCUT2D eigenvalue weighted by Gasteiger charge is -2.19. The van der Waals surface area contributed by atoms with Gasteiger partial charge in [0.2, 0.25) is 0 Å². The third-order valence-corrected chi connectivity index (χ3v) is 5.47. The topological polar surface area (TPSA) is 119 Å². The van der Waals surface area contributed by atoms with Crippen LogP contribution in [0.2, 0.25) is 0 Å². The Morgan fingerprint density at radius 2 is 1.89 bits per heavy atom. The first-order valence-corrected chi connectivity index (χ1v) is 9.80. The Labute approximate surface area is 157 Å². The highest BCUT2D eigenvalue weighted by Gasteiger charge is 2.40. The quantitative estimate of drug-likeness (QED) is 0.513. The zero-order chi connectivity index (χ0) is 20.0. The molecule has 0 aromatic heterocycles. The fraction of sp³-hybridized carbons (Fsp3) is 0.529. The van der Waals surface area contributed by atoms with E-state index in [1.165, 1.54) is 19.2 Å². The van der Waals surface area contributed by atoms with Crippen molar-refractivity contribution in [3.05, 3.63) is 29.8 Å². The Morgan fingerprint density at radius 3 is 2.48 bits per heavy atom. The number of carbonyl (C=O) groups is 2. The van der Waals surface area contributed by atoms with Gasteiger partial charge in [0.1, 0.15) is 6.04 Å². The molecule has 1 amide bonds. The van der Waals surface area contributed by atoms with Gasteiger partial charge in [-0.3, -0.25) is 9.08 Å². The average Bonchev–Trinajstić information content (AvgIpc) is 3.05. The van der Waals surface area contributed by atoms with Crippen molar-refractivity contribution < 1.29 is 36.8 Å². The first-order chi connectivity index (χ1) is 12.7. The van der Waals surface area contributed by atoms with E-state index in [-0.39, 0.29) is 31.1 Å². The molecule has 27 heavy (non-hydrogen) atoms. The Bertz CT molecular complexity index is 762. The van der Waals surface area contributed by atoms with E-state index in [2.05, 4.69) is 4.74 Å². The lowest BCUT2D eigenvalue weighted by atomic mass is 10.2. The third kappa shape index (κ3) is 5.65. The van der Waals surface area contributed by atoms with Gasteiger partial charge in [0.15, 0.2) is 0 Å². The van der Waals surface area contributed by atoms with Gasteiger partial charge >= 0.3 is 12.1 Å². The minimum absolute atomic E-state index is 0.0635. The van der Waals surface area contributed by atoms with Crippen molar-refractivity contribution in [2.75, 3.05) is 26.9 Å². The van der Waals surface area contributed by atoms with Crippen LogP contribution in [0.15, 0.2) is 29.2 Å². The molecule has 0 saturated carbocycles. The van der Waals surface area contributed by atoms with Gasteiger partial charge in [0.05, 0.1) is 31.3 Å². The van der Waals surface area contributed by atoms with E-state index < -0.39 is 34.3 Å². The number of hydrogen-bond donors (Lipinski definition) is 1. The predicted molar refractivity (Wildman–Crippen MR) is 93.8 cm³/mol. The molecule has 2 rings (SSSR count). The summed E-state index contributed by atoms with van der Waals surface area (Å²) in [5, 5.41) is 9.18. The van der Waals surface area contributed by atoms with E-state index in [1.807, 2.05) is 6.92 Å². The highest BCUT2D eigenvalue weighted by molar-refractivity contribution is 7.86. The van der Waals surface area contributed by atoms with Crippen LogP contribution in [0, 0.1) is 6.92 Å². The SMILES string of the molecule is COC(=O)N1CC(OCCCOS(=O)(=O)c2ccc(C)cc2)C[C@H]1C(=O)O. The maximum absolute atomic E-state index is 12.0. The highest BCUT2D eigenvalue weighted by atomic mass is 32.2. The minimum Gasteiger partial charge on any atom is -0.480 e. The van der Waals surface area contributed by atoms with Gasteiger partial charge in [-0.25, -0.2) is 9.59 Å². The summed E-state index contributed by atoms with van der Waals surface area (Å²) < 4.78 is 39.2. The summed E-state index contributed by atoms with van der Waals surface area (Å²) in [6, 6.07) is 5.33. The Kier molecular flexibility index (Phi) is 7.17. The van der Waals surface area contributed by atoms with Crippen molar-refractivity contribution in [3.63, 3.8) is 0 Å². The average molecular weight is 401 g/mol. The van der Waals surface area contributed by atoms with Crippen molar-refractivity contribution in [1.29, 1.82) is 0 Å². The number of benzene rings is 1. The lowest BCUT2D eigenvalue weighted by molar-refractivity contribution is -0.141. The summed E-state index contributed by atoms with van der Waals surface area (Å²) in [6.45, 7) is 2.07. The zero-order valence-electron chi connectivity index (χ0n) is 15.2. The van der Waals surface area contributed by atoms with Crippen molar-refractivity contribution in [1.82, 2.24) is 4.90 Å². The number of carbonyl (C=O) groups excluding carboxylic acids is 1. The lowest BCUT2D eigenvalue weighted by Crippen LogP contribution is -2.40. The fourth-order valence-corrected chi connectivity index (χ4v) is 3.66. The molecule has 1 heterocycles. The smallest absolute Gasteiger partial charge is 0.410 e. The molecule has 1 aromatic carbocycles.